The first-order valence-electron chi connectivity index (χ1n) is 7.83. The van der Waals surface area contributed by atoms with Crippen LogP contribution in [0.3, 0.4) is 0 Å². The third kappa shape index (κ3) is 3.56. The lowest BCUT2D eigenvalue weighted by Crippen LogP contribution is -2.38. The number of nitrogens with one attached hydrogen (secondary N) is 1. The Labute approximate surface area is 138 Å². The maximum atomic E-state index is 12.4. The second-order valence-corrected chi connectivity index (χ2v) is 5.88. The molecule has 0 bridgehead atoms. The van der Waals surface area contributed by atoms with Crippen molar-refractivity contribution in [3.63, 3.8) is 0 Å². The highest BCUT2D eigenvalue weighted by atomic mass is 16.5. The van der Waals surface area contributed by atoms with Gasteiger partial charge in [0.2, 0.25) is 5.91 Å². The van der Waals surface area contributed by atoms with E-state index < -0.39 is 11.2 Å². The van der Waals surface area contributed by atoms with E-state index in [1.54, 1.807) is 11.8 Å². The molecule has 2 aromatic rings. The van der Waals surface area contributed by atoms with Crippen LogP contribution in [0.5, 0.6) is 5.75 Å². The van der Waals surface area contributed by atoms with E-state index in [0.29, 0.717) is 18.7 Å². The number of aryl methyl sites for hydroxylation is 1. The largest absolute Gasteiger partial charge is 0.489 e. The molecule has 1 aliphatic rings. The number of carbonyl (C=O) groups excluding carboxylic acids is 1. The zero-order valence-electron chi connectivity index (χ0n) is 13.4. The van der Waals surface area contributed by atoms with Crippen LogP contribution in [0.25, 0.3) is 0 Å². The molecule has 1 aromatic carbocycles. The van der Waals surface area contributed by atoms with Crippen LogP contribution in [0.15, 0.2) is 46.1 Å². The summed E-state index contributed by atoms with van der Waals surface area (Å²) in [6.45, 7) is 2.59. The van der Waals surface area contributed by atoms with Gasteiger partial charge in [-0.25, -0.2) is 4.79 Å². The fourth-order valence-electron chi connectivity index (χ4n) is 2.72. The third-order valence-electron chi connectivity index (χ3n) is 4.04. The Morgan fingerprint density at radius 1 is 1.29 bits per heavy atom. The summed E-state index contributed by atoms with van der Waals surface area (Å²) >= 11 is 0. The number of ether oxygens (including phenoxy) is 1. The maximum absolute atomic E-state index is 12.4. The van der Waals surface area contributed by atoms with E-state index in [1.165, 1.54) is 10.8 Å². The first-order chi connectivity index (χ1) is 11.5. The van der Waals surface area contributed by atoms with Gasteiger partial charge < -0.3 is 9.64 Å². The Morgan fingerprint density at radius 3 is 2.79 bits per heavy atom. The van der Waals surface area contributed by atoms with Crippen molar-refractivity contribution in [2.45, 2.75) is 26.0 Å². The van der Waals surface area contributed by atoms with Gasteiger partial charge in [0, 0.05) is 24.7 Å². The van der Waals surface area contributed by atoms with Gasteiger partial charge in [0.15, 0.2) is 0 Å². The normalized spacial score (nSPS) is 17.0. The molecular formula is C17H19N3O4. The Bertz CT molecular complexity index is 841. The molecule has 3 rings (SSSR count). The van der Waals surface area contributed by atoms with Crippen molar-refractivity contribution in [3.8, 4) is 5.75 Å². The number of rotatable bonds is 4. The second-order valence-electron chi connectivity index (χ2n) is 5.88. The van der Waals surface area contributed by atoms with Gasteiger partial charge in [0.05, 0.1) is 6.54 Å². The van der Waals surface area contributed by atoms with E-state index >= 15 is 0 Å². The molecule has 24 heavy (non-hydrogen) atoms. The average molecular weight is 329 g/mol. The number of hydrogen-bond acceptors (Lipinski definition) is 4. The van der Waals surface area contributed by atoms with E-state index in [2.05, 4.69) is 4.98 Å². The minimum absolute atomic E-state index is 0.0506. The number of likely N-dealkylation sites (tertiary alicyclic amines) is 1. The van der Waals surface area contributed by atoms with Crippen molar-refractivity contribution in [1.29, 1.82) is 0 Å². The monoisotopic (exact) mass is 329 g/mol. The van der Waals surface area contributed by atoms with Gasteiger partial charge in [-0.15, -0.1) is 0 Å². The number of nitrogens with zero attached hydrogens (tertiary/aromatic N) is 2. The molecule has 1 aromatic heterocycles. The molecule has 1 saturated heterocycles. The summed E-state index contributed by atoms with van der Waals surface area (Å²) in [6.07, 6.45) is 2.11. The van der Waals surface area contributed by atoms with Gasteiger partial charge in [-0.3, -0.25) is 19.1 Å². The first kappa shape index (κ1) is 16.0. The minimum atomic E-state index is -0.574. The SMILES string of the molecule is Cc1cn(CC(=O)N2CC[C@@H](Oc3ccccc3)C2)c(=O)[nH]c1=O. The molecule has 1 atom stereocenters. The Balaban J connectivity index is 1.62. The lowest BCUT2D eigenvalue weighted by Gasteiger charge is -2.18. The average Bonchev–Trinajstić information content (AvgIpc) is 3.02. The summed E-state index contributed by atoms with van der Waals surface area (Å²) < 4.78 is 7.08. The summed E-state index contributed by atoms with van der Waals surface area (Å²) in [5, 5.41) is 0. The predicted molar refractivity (Wildman–Crippen MR) is 88.1 cm³/mol. The lowest BCUT2D eigenvalue weighted by molar-refractivity contribution is -0.131. The minimum Gasteiger partial charge on any atom is -0.489 e. The van der Waals surface area contributed by atoms with Crippen molar-refractivity contribution in [2.24, 2.45) is 0 Å². The van der Waals surface area contributed by atoms with Crippen LogP contribution >= 0.6 is 0 Å². The van der Waals surface area contributed by atoms with Gasteiger partial charge >= 0.3 is 5.69 Å². The van der Waals surface area contributed by atoms with E-state index in [4.69, 9.17) is 4.74 Å². The Kier molecular flexibility index (Phi) is 4.50. The number of H-pyrrole nitrogens is 1. The molecule has 1 fully saturated rings. The Morgan fingerprint density at radius 2 is 2.04 bits per heavy atom. The molecular weight excluding hydrogens is 310 g/mol. The van der Waals surface area contributed by atoms with Crippen molar-refractivity contribution >= 4 is 5.91 Å². The summed E-state index contributed by atoms with van der Waals surface area (Å²) in [5.41, 5.74) is -0.606. The van der Waals surface area contributed by atoms with Crippen LogP contribution < -0.4 is 16.0 Å². The van der Waals surface area contributed by atoms with Gasteiger partial charge in [0.1, 0.15) is 18.4 Å². The van der Waals surface area contributed by atoms with Crippen LogP contribution in [0.2, 0.25) is 0 Å². The molecule has 1 N–H and O–H groups in total. The smallest absolute Gasteiger partial charge is 0.328 e. The van der Waals surface area contributed by atoms with Gasteiger partial charge in [-0.2, -0.15) is 0 Å². The fraction of sp³-hybridized carbons (Fsp3) is 0.353. The van der Waals surface area contributed by atoms with E-state index in [0.717, 1.165) is 12.2 Å². The zero-order valence-corrected chi connectivity index (χ0v) is 13.4. The van der Waals surface area contributed by atoms with E-state index in [9.17, 15) is 14.4 Å². The number of hydrogen-bond donors (Lipinski definition) is 1. The number of benzene rings is 1. The van der Waals surface area contributed by atoms with E-state index in [-0.39, 0.29) is 18.6 Å². The number of amides is 1. The molecule has 1 amide bonds. The molecule has 0 unspecified atom stereocenters. The van der Waals surface area contributed by atoms with E-state index in [1.807, 2.05) is 30.3 Å². The molecule has 1 aliphatic heterocycles. The van der Waals surface area contributed by atoms with Crippen molar-refractivity contribution in [2.75, 3.05) is 13.1 Å². The van der Waals surface area contributed by atoms with Crippen LogP contribution in [0.4, 0.5) is 0 Å². The highest BCUT2D eigenvalue weighted by Crippen LogP contribution is 2.18. The quantitative estimate of drug-likeness (QED) is 0.886. The van der Waals surface area contributed by atoms with Crippen LogP contribution in [-0.4, -0.2) is 39.6 Å². The zero-order chi connectivity index (χ0) is 17.1. The summed E-state index contributed by atoms with van der Waals surface area (Å²) in [6, 6.07) is 9.48. The Hall–Kier alpha value is -2.83. The van der Waals surface area contributed by atoms with Crippen LogP contribution in [0, 0.1) is 6.92 Å². The molecule has 0 radical (unpaired) electrons. The third-order valence-corrected chi connectivity index (χ3v) is 4.04. The van der Waals surface area contributed by atoms with Crippen molar-refractivity contribution in [3.05, 3.63) is 62.9 Å². The summed E-state index contributed by atoms with van der Waals surface area (Å²) in [7, 11) is 0. The molecule has 2 heterocycles. The van der Waals surface area contributed by atoms with Crippen LogP contribution in [0.1, 0.15) is 12.0 Å². The van der Waals surface area contributed by atoms with Gasteiger partial charge in [-0.1, -0.05) is 18.2 Å². The van der Waals surface area contributed by atoms with Crippen molar-refractivity contribution < 1.29 is 9.53 Å². The fourth-order valence-corrected chi connectivity index (χ4v) is 2.72. The number of aromatic nitrogens is 2. The molecule has 0 aliphatic carbocycles. The van der Waals surface area contributed by atoms with Gasteiger partial charge in [0.25, 0.3) is 5.56 Å². The standard InChI is InChI=1S/C17H19N3O4/c1-12-9-20(17(23)18-16(12)22)11-15(21)19-8-7-14(10-19)24-13-5-3-2-4-6-13/h2-6,9,14H,7-8,10-11H2,1H3,(H,18,22,23)/t14-/m1/s1. The lowest BCUT2D eigenvalue weighted by atomic mass is 10.3. The highest BCUT2D eigenvalue weighted by molar-refractivity contribution is 5.76. The summed E-state index contributed by atoms with van der Waals surface area (Å²) in [5.74, 6) is 0.618. The topological polar surface area (TPSA) is 84.4 Å². The second kappa shape index (κ2) is 6.74. The molecule has 126 valence electrons. The number of aromatic amines is 1. The molecule has 0 saturated carbocycles. The number of carbonyl (C=O) groups is 1. The molecule has 0 spiro atoms. The van der Waals surface area contributed by atoms with Gasteiger partial charge in [-0.05, 0) is 19.1 Å². The molecule has 7 heteroatoms. The maximum Gasteiger partial charge on any atom is 0.328 e. The predicted octanol–water partition coefficient (Wildman–Crippen LogP) is 0.525. The molecule has 7 nitrogen and oxygen atoms in total. The summed E-state index contributed by atoms with van der Waals surface area (Å²) in [4.78, 5) is 39.4. The highest BCUT2D eigenvalue weighted by Gasteiger charge is 2.27. The number of para-hydroxylation sites is 1. The van der Waals surface area contributed by atoms with Crippen molar-refractivity contribution in [1.82, 2.24) is 14.5 Å². The van der Waals surface area contributed by atoms with Crippen LogP contribution in [-0.2, 0) is 11.3 Å². The first-order valence-corrected chi connectivity index (χ1v) is 7.83.